The highest BCUT2D eigenvalue weighted by Gasteiger charge is 2.17. The van der Waals surface area contributed by atoms with Crippen molar-refractivity contribution in [2.45, 2.75) is 19.4 Å². The zero-order valence-corrected chi connectivity index (χ0v) is 14.7. The third-order valence-electron chi connectivity index (χ3n) is 3.03. The highest BCUT2D eigenvalue weighted by Crippen LogP contribution is 2.20. The number of pyridine rings is 1. The topological polar surface area (TPSA) is 71.1 Å². The summed E-state index contributed by atoms with van der Waals surface area (Å²) >= 11 is 9.15. The van der Waals surface area contributed by atoms with Crippen LogP contribution in [0.3, 0.4) is 0 Å². The quantitative estimate of drug-likeness (QED) is 0.809. The Balaban J connectivity index is 2.07. The van der Waals surface area contributed by atoms with Crippen LogP contribution in [0.25, 0.3) is 0 Å². The number of nitrogens with one attached hydrogen (secondary N) is 2. The van der Waals surface area contributed by atoms with Gasteiger partial charge in [0, 0.05) is 22.6 Å². The van der Waals surface area contributed by atoms with E-state index in [1.807, 2.05) is 0 Å². The van der Waals surface area contributed by atoms with Crippen LogP contribution in [-0.2, 0) is 9.59 Å². The van der Waals surface area contributed by atoms with Crippen LogP contribution in [-0.4, -0.2) is 16.8 Å². The summed E-state index contributed by atoms with van der Waals surface area (Å²) in [5, 5.41) is 6.07. The molecule has 1 aromatic heterocycles. The van der Waals surface area contributed by atoms with Gasteiger partial charge < -0.3 is 10.6 Å². The van der Waals surface area contributed by atoms with E-state index in [0.29, 0.717) is 10.8 Å². The van der Waals surface area contributed by atoms with E-state index in [2.05, 4.69) is 31.5 Å². The highest BCUT2D eigenvalue weighted by molar-refractivity contribution is 9.10. The van der Waals surface area contributed by atoms with E-state index in [0.717, 1.165) is 10.0 Å². The second-order valence-electron chi connectivity index (χ2n) is 4.92. The Bertz CT molecular complexity index is 689. The number of halogens is 2. The molecule has 1 atom stereocenters. The minimum Gasteiger partial charge on any atom is -0.349 e. The summed E-state index contributed by atoms with van der Waals surface area (Å²) in [7, 11) is 0. The molecule has 2 aromatic rings. The lowest BCUT2D eigenvalue weighted by Gasteiger charge is -2.18. The van der Waals surface area contributed by atoms with Gasteiger partial charge >= 0.3 is 0 Å². The number of benzene rings is 1. The van der Waals surface area contributed by atoms with Crippen LogP contribution >= 0.6 is 27.5 Å². The summed E-state index contributed by atoms with van der Waals surface area (Å²) in [4.78, 5) is 27.7. The molecule has 2 rings (SSSR count). The average molecular weight is 397 g/mol. The van der Waals surface area contributed by atoms with Crippen LogP contribution in [0.15, 0.2) is 47.1 Å². The molecular weight excluding hydrogens is 382 g/mol. The molecule has 5 nitrogen and oxygen atoms in total. The summed E-state index contributed by atoms with van der Waals surface area (Å²) in [6.07, 6.45) is 1.69. The predicted molar refractivity (Wildman–Crippen MR) is 93.2 cm³/mol. The van der Waals surface area contributed by atoms with Crippen molar-refractivity contribution in [2.24, 2.45) is 0 Å². The molecule has 7 heteroatoms. The molecule has 1 heterocycles. The van der Waals surface area contributed by atoms with Gasteiger partial charge in [0.25, 0.3) is 0 Å². The Morgan fingerprint density at radius 3 is 2.48 bits per heavy atom. The van der Waals surface area contributed by atoms with Gasteiger partial charge in [-0.05, 0) is 45.8 Å². The molecule has 0 fully saturated rings. The van der Waals surface area contributed by atoms with E-state index in [9.17, 15) is 9.59 Å². The standard InChI is InChI=1S/C16H15BrClN3O2/c1-10(22)20-14(11-2-5-13(18)6-3-11)8-16(23)21-15-7-4-12(17)9-19-15/h2-7,9,14H,8H2,1H3,(H,20,22)(H,19,21,23). The summed E-state index contributed by atoms with van der Waals surface area (Å²) < 4.78 is 0.827. The van der Waals surface area contributed by atoms with E-state index in [4.69, 9.17) is 11.6 Å². The van der Waals surface area contributed by atoms with Gasteiger partial charge in [0.2, 0.25) is 11.8 Å². The maximum Gasteiger partial charge on any atom is 0.227 e. The summed E-state index contributed by atoms with van der Waals surface area (Å²) in [6, 6.07) is 10.1. The average Bonchev–Trinajstić information content (AvgIpc) is 2.49. The normalized spacial score (nSPS) is 11.6. The van der Waals surface area contributed by atoms with E-state index in [1.54, 1.807) is 42.6 Å². The van der Waals surface area contributed by atoms with Gasteiger partial charge in [-0.2, -0.15) is 0 Å². The smallest absolute Gasteiger partial charge is 0.227 e. The van der Waals surface area contributed by atoms with E-state index in [-0.39, 0.29) is 18.2 Å². The van der Waals surface area contributed by atoms with Gasteiger partial charge in [-0.25, -0.2) is 4.98 Å². The van der Waals surface area contributed by atoms with Gasteiger partial charge in [-0.1, -0.05) is 23.7 Å². The number of rotatable bonds is 5. The summed E-state index contributed by atoms with van der Waals surface area (Å²) in [6.45, 7) is 1.41. The monoisotopic (exact) mass is 395 g/mol. The van der Waals surface area contributed by atoms with E-state index in [1.165, 1.54) is 6.92 Å². The molecule has 1 unspecified atom stereocenters. The SMILES string of the molecule is CC(=O)NC(CC(=O)Nc1ccc(Br)cn1)c1ccc(Cl)cc1. The molecule has 2 N–H and O–H groups in total. The van der Waals surface area contributed by atoms with Crippen molar-refractivity contribution in [2.75, 3.05) is 5.32 Å². The fraction of sp³-hybridized carbons (Fsp3) is 0.188. The first-order valence-corrected chi connectivity index (χ1v) is 8.05. The lowest BCUT2D eigenvalue weighted by Crippen LogP contribution is -2.29. The molecule has 1 aromatic carbocycles. The zero-order chi connectivity index (χ0) is 16.8. The van der Waals surface area contributed by atoms with Crippen LogP contribution in [0.2, 0.25) is 5.02 Å². The second kappa shape index (κ2) is 8.08. The first-order valence-electron chi connectivity index (χ1n) is 6.88. The third kappa shape index (κ3) is 5.65. The van der Waals surface area contributed by atoms with Gasteiger partial charge in [0.1, 0.15) is 5.82 Å². The molecule has 0 aliphatic carbocycles. The van der Waals surface area contributed by atoms with Crippen molar-refractivity contribution in [3.63, 3.8) is 0 Å². The predicted octanol–water partition coefficient (Wildman–Crippen LogP) is 3.70. The maximum absolute atomic E-state index is 12.2. The van der Waals surface area contributed by atoms with Crippen LogP contribution < -0.4 is 10.6 Å². The fourth-order valence-corrected chi connectivity index (χ4v) is 2.38. The highest BCUT2D eigenvalue weighted by atomic mass is 79.9. The first-order chi connectivity index (χ1) is 10.9. The lowest BCUT2D eigenvalue weighted by atomic mass is 10.0. The van der Waals surface area contributed by atoms with Crippen LogP contribution in [0.4, 0.5) is 5.82 Å². The number of aromatic nitrogens is 1. The molecule has 0 bridgehead atoms. The van der Waals surface area contributed by atoms with Crippen LogP contribution in [0.5, 0.6) is 0 Å². The molecule has 2 amide bonds. The number of nitrogens with zero attached hydrogens (tertiary/aromatic N) is 1. The van der Waals surface area contributed by atoms with Gasteiger partial charge in [0.15, 0.2) is 0 Å². The minimum absolute atomic E-state index is 0.0962. The minimum atomic E-state index is -0.430. The number of carbonyl (C=O) groups is 2. The number of hydrogen-bond donors (Lipinski definition) is 2. The van der Waals surface area contributed by atoms with Crippen molar-refractivity contribution in [1.82, 2.24) is 10.3 Å². The first kappa shape index (κ1) is 17.4. The Kier molecular flexibility index (Phi) is 6.12. The van der Waals surface area contributed by atoms with Crippen molar-refractivity contribution in [3.05, 3.63) is 57.7 Å². The molecule has 0 saturated carbocycles. The van der Waals surface area contributed by atoms with Crippen molar-refractivity contribution in [1.29, 1.82) is 0 Å². The molecule has 120 valence electrons. The molecule has 0 radical (unpaired) electrons. The van der Waals surface area contributed by atoms with Gasteiger partial charge in [-0.15, -0.1) is 0 Å². The van der Waals surface area contributed by atoms with Crippen LogP contribution in [0.1, 0.15) is 24.9 Å². The number of hydrogen-bond acceptors (Lipinski definition) is 3. The maximum atomic E-state index is 12.2. The summed E-state index contributed by atoms with van der Waals surface area (Å²) in [5.74, 6) is 0.00363. The van der Waals surface area contributed by atoms with Gasteiger partial charge in [-0.3, -0.25) is 9.59 Å². The largest absolute Gasteiger partial charge is 0.349 e. The second-order valence-corrected chi connectivity index (χ2v) is 6.27. The molecule has 0 aliphatic rings. The molecule has 23 heavy (non-hydrogen) atoms. The Morgan fingerprint density at radius 1 is 1.22 bits per heavy atom. The molecular formula is C16H15BrClN3O2. The van der Waals surface area contributed by atoms with Crippen molar-refractivity contribution < 1.29 is 9.59 Å². The van der Waals surface area contributed by atoms with E-state index < -0.39 is 6.04 Å². The third-order valence-corrected chi connectivity index (χ3v) is 3.76. The van der Waals surface area contributed by atoms with Crippen LogP contribution in [0, 0.1) is 0 Å². The number of carbonyl (C=O) groups excluding carboxylic acids is 2. The molecule has 0 aliphatic heterocycles. The Labute approximate surface area is 147 Å². The lowest BCUT2D eigenvalue weighted by molar-refractivity contribution is -0.120. The van der Waals surface area contributed by atoms with Crippen molar-refractivity contribution in [3.8, 4) is 0 Å². The number of amides is 2. The van der Waals surface area contributed by atoms with E-state index >= 15 is 0 Å². The molecule has 0 spiro atoms. The number of anilines is 1. The zero-order valence-electron chi connectivity index (χ0n) is 12.3. The Morgan fingerprint density at radius 2 is 1.91 bits per heavy atom. The fourth-order valence-electron chi connectivity index (χ4n) is 2.02. The Hall–Kier alpha value is -1.92. The van der Waals surface area contributed by atoms with Gasteiger partial charge in [0.05, 0.1) is 12.5 Å². The summed E-state index contributed by atoms with van der Waals surface area (Å²) in [5.41, 5.74) is 0.809. The molecule has 0 saturated heterocycles. The van der Waals surface area contributed by atoms with Crippen molar-refractivity contribution >= 4 is 45.2 Å².